The van der Waals surface area contributed by atoms with Gasteiger partial charge in [0.25, 0.3) is 11.1 Å². The predicted molar refractivity (Wildman–Crippen MR) is 156 cm³/mol. The highest BCUT2D eigenvalue weighted by molar-refractivity contribution is 6.48. The van der Waals surface area contributed by atoms with E-state index in [1.54, 1.807) is 4.57 Å². The molecule has 37 heavy (non-hydrogen) atoms. The zero-order chi connectivity index (χ0) is 26.0. The summed E-state index contributed by atoms with van der Waals surface area (Å²) in [6, 6.07) is 12.8. The van der Waals surface area contributed by atoms with Crippen LogP contribution in [0.4, 0.5) is 0 Å². The number of rotatable bonds is 5. The summed E-state index contributed by atoms with van der Waals surface area (Å²) in [5, 5.41) is 12.1. The molecular formula is C33H31NO3. The van der Waals surface area contributed by atoms with Crippen LogP contribution in [0.5, 0.6) is 5.75 Å². The SMILES string of the molecule is CCCC(CC)n1c(=O)c2c3cc(C)c4ccc5ccc6c(OC(C)(C)C)cc(c2c1=O)c1c6c5c4c31. The summed E-state index contributed by atoms with van der Waals surface area (Å²) >= 11 is 0. The lowest BCUT2D eigenvalue weighted by Crippen LogP contribution is -2.29. The van der Waals surface area contributed by atoms with Gasteiger partial charge >= 0.3 is 0 Å². The van der Waals surface area contributed by atoms with Gasteiger partial charge in [-0.25, -0.2) is 0 Å². The van der Waals surface area contributed by atoms with Crippen molar-refractivity contribution in [3.8, 4) is 5.75 Å². The summed E-state index contributed by atoms with van der Waals surface area (Å²) in [6.07, 6.45) is 2.49. The standard InChI is InChI=1S/C33H31NO3/c1-7-9-18(8-2)34-31(35)29-21-14-16(3)19-12-10-17-11-13-20-23(37-33(4,5)6)15-22(30(29)32(34)36)28-26(20)24(17)25(19)27(21)28/h10-15,18H,7-9H2,1-6H3. The molecule has 0 spiro atoms. The second-order valence-corrected chi connectivity index (χ2v) is 11.8. The van der Waals surface area contributed by atoms with Crippen molar-refractivity contribution >= 4 is 64.6 Å². The fourth-order valence-corrected chi connectivity index (χ4v) is 6.94. The normalized spacial score (nSPS) is 14.1. The maximum absolute atomic E-state index is 14.2. The van der Waals surface area contributed by atoms with Crippen molar-refractivity contribution in [3.63, 3.8) is 0 Å². The minimum atomic E-state index is -0.410. The molecule has 7 rings (SSSR count). The highest BCUT2D eigenvalue weighted by Crippen LogP contribution is 2.52. The number of hydrogen-bond acceptors (Lipinski definition) is 3. The highest BCUT2D eigenvalue weighted by Gasteiger charge is 2.30. The maximum atomic E-state index is 14.2. The van der Waals surface area contributed by atoms with Crippen molar-refractivity contribution in [1.29, 1.82) is 0 Å². The third-order valence-electron chi connectivity index (χ3n) is 8.33. The van der Waals surface area contributed by atoms with Crippen molar-refractivity contribution in [3.05, 3.63) is 62.7 Å². The van der Waals surface area contributed by atoms with Crippen LogP contribution in [0.2, 0.25) is 0 Å². The minimum Gasteiger partial charge on any atom is -0.487 e. The van der Waals surface area contributed by atoms with Crippen LogP contribution in [0.1, 0.15) is 65.5 Å². The number of fused-ring (bicyclic) bond motifs is 3. The van der Waals surface area contributed by atoms with Gasteiger partial charge in [-0.05, 0) is 102 Å². The van der Waals surface area contributed by atoms with Crippen LogP contribution in [-0.2, 0) is 0 Å². The molecule has 0 aliphatic carbocycles. The van der Waals surface area contributed by atoms with Crippen molar-refractivity contribution in [1.82, 2.24) is 4.57 Å². The lowest BCUT2D eigenvalue weighted by atomic mass is 9.93. The lowest BCUT2D eigenvalue weighted by molar-refractivity contribution is 0.133. The predicted octanol–water partition coefficient (Wildman–Crippen LogP) is 8.12. The van der Waals surface area contributed by atoms with Crippen LogP contribution >= 0.6 is 0 Å². The van der Waals surface area contributed by atoms with Crippen molar-refractivity contribution in [2.75, 3.05) is 0 Å². The lowest BCUT2D eigenvalue weighted by Gasteiger charge is -2.23. The van der Waals surface area contributed by atoms with E-state index in [0.29, 0.717) is 10.8 Å². The molecule has 0 N–H and O–H groups in total. The molecule has 0 radical (unpaired) electrons. The van der Waals surface area contributed by atoms with E-state index < -0.39 is 5.60 Å². The molecule has 1 heterocycles. The third kappa shape index (κ3) is 2.73. The molecule has 4 nitrogen and oxygen atoms in total. The first kappa shape index (κ1) is 22.5. The molecule has 1 atom stereocenters. The van der Waals surface area contributed by atoms with E-state index in [2.05, 4.69) is 51.1 Å². The van der Waals surface area contributed by atoms with Gasteiger partial charge in [-0.15, -0.1) is 0 Å². The number of aromatic nitrogens is 1. The van der Waals surface area contributed by atoms with E-state index in [1.165, 1.54) is 21.5 Å². The largest absolute Gasteiger partial charge is 0.487 e. The Bertz CT molecular complexity index is 2090. The van der Waals surface area contributed by atoms with Crippen LogP contribution in [0, 0.1) is 6.92 Å². The average molecular weight is 490 g/mol. The van der Waals surface area contributed by atoms with E-state index in [4.69, 9.17) is 4.74 Å². The van der Waals surface area contributed by atoms with Gasteiger partial charge < -0.3 is 4.74 Å². The molecule has 0 saturated heterocycles. The first-order valence-corrected chi connectivity index (χ1v) is 13.5. The van der Waals surface area contributed by atoms with Gasteiger partial charge in [0.2, 0.25) is 0 Å². The van der Waals surface area contributed by atoms with E-state index in [1.807, 2.05) is 26.8 Å². The summed E-state index contributed by atoms with van der Waals surface area (Å²) in [5.74, 6) is 0.763. The third-order valence-corrected chi connectivity index (χ3v) is 8.33. The van der Waals surface area contributed by atoms with Gasteiger partial charge in [0, 0.05) is 22.2 Å². The van der Waals surface area contributed by atoms with E-state index >= 15 is 0 Å². The van der Waals surface area contributed by atoms with Gasteiger partial charge in [0.15, 0.2) is 0 Å². The van der Waals surface area contributed by atoms with Crippen LogP contribution < -0.4 is 15.9 Å². The molecule has 0 aliphatic rings. The Balaban J connectivity index is 1.82. The molecule has 0 aliphatic heterocycles. The molecule has 7 aromatic rings. The molecule has 6 aromatic carbocycles. The summed E-state index contributed by atoms with van der Waals surface area (Å²) in [7, 11) is 0. The second kappa shape index (κ2) is 7.22. The van der Waals surface area contributed by atoms with Crippen molar-refractivity contribution in [2.45, 2.75) is 72.4 Å². The number of ether oxygens (including phenoxy) is 1. The molecule has 0 amide bonds. The Morgan fingerprint density at radius 1 is 0.757 bits per heavy atom. The van der Waals surface area contributed by atoms with Gasteiger partial charge in [-0.2, -0.15) is 0 Å². The summed E-state index contributed by atoms with van der Waals surface area (Å²) in [6.45, 7) is 12.4. The number of aryl methyl sites for hydroxylation is 1. The van der Waals surface area contributed by atoms with Crippen molar-refractivity contribution in [2.24, 2.45) is 0 Å². The molecule has 0 fully saturated rings. The zero-order valence-electron chi connectivity index (χ0n) is 22.3. The quantitative estimate of drug-likeness (QED) is 0.229. The highest BCUT2D eigenvalue weighted by atomic mass is 16.5. The van der Waals surface area contributed by atoms with Crippen LogP contribution in [0.3, 0.4) is 0 Å². The number of nitrogens with zero attached hydrogens (tertiary/aromatic N) is 1. The van der Waals surface area contributed by atoms with Crippen LogP contribution in [-0.4, -0.2) is 10.2 Å². The Labute approximate surface area is 214 Å². The van der Waals surface area contributed by atoms with Gasteiger partial charge in [0.05, 0.1) is 10.8 Å². The van der Waals surface area contributed by atoms with Crippen molar-refractivity contribution < 1.29 is 4.74 Å². The fourth-order valence-electron chi connectivity index (χ4n) is 6.94. The van der Waals surface area contributed by atoms with Gasteiger partial charge in [-0.1, -0.05) is 38.5 Å². The second-order valence-electron chi connectivity index (χ2n) is 11.8. The Morgan fingerprint density at radius 2 is 1.32 bits per heavy atom. The van der Waals surface area contributed by atoms with Crippen LogP contribution in [0.15, 0.2) is 46.0 Å². The molecule has 186 valence electrons. The Hall–Kier alpha value is -3.66. The molecule has 1 unspecified atom stereocenters. The van der Waals surface area contributed by atoms with Gasteiger partial charge in [0.1, 0.15) is 11.4 Å². The molecule has 0 saturated carbocycles. The minimum absolute atomic E-state index is 0.0972. The van der Waals surface area contributed by atoms with Crippen LogP contribution in [0.25, 0.3) is 64.6 Å². The molecule has 4 heteroatoms. The topological polar surface area (TPSA) is 48.3 Å². The molecule has 1 aromatic heterocycles. The monoisotopic (exact) mass is 489 g/mol. The van der Waals surface area contributed by atoms with Gasteiger partial charge in [-0.3, -0.25) is 14.2 Å². The Morgan fingerprint density at radius 3 is 1.92 bits per heavy atom. The van der Waals surface area contributed by atoms with E-state index in [0.717, 1.165) is 62.9 Å². The number of benzene rings is 5. The molecular weight excluding hydrogens is 458 g/mol. The van der Waals surface area contributed by atoms with E-state index in [-0.39, 0.29) is 17.2 Å². The average Bonchev–Trinajstić information content (AvgIpc) is 3.33. The number of hydrogen-bond donors (Lipinski definition) is 0. The fraction of sp³-hybridized carbons (Fsp3) is 0.333. The Kier molecular flexibility index (Phi) is 4.40. The zero-order valence-corrected chi connectivity index (χ0v) is 22.3. The smallest absolute Gasteiger partial charge is 0.262 e. The summed E-state index contributed by atoms with van der Waals surface area (Å²) in [5.41, 5.74) is 0.403. The summed E-state index contributed by atoms with van der Waals surface area (Å²) in [4.78, 5) is 28.3. The summed E-state index contributed by atoms with van der Waals surface area (Å²) < 4.78 is 8.07. The first-order chi connectivity index (χ1) is 17.7. The first-order valence-electron chi connectivity index (χ1n) is 13.5. The molecule has 0 bridgehead atoms. The maximum Gasteiger partial charge on any atom is 0.262 e. The van der Waals surface area contributed by atoms with E-state index in [9.17, 15) is 9.59 Å².